The molecule has 0 radical (unpaired) electrons. The Balaban J connectivity index is 1.32. The van der Waals surface area contributed by atoms with Gasteiger partial charge in [-0.25, -0.2) is 4.98 Å². The van der Waals surface area contributed by atoms with Crippen molar-refractivity contribution in [3.05, 3.63) is 112 Å². The Morgan fingerprint density at radius 3 is 2.26 bits per heavy atom. The number of Topliss-reactive ketones (excluding diaryl/α,β-unsaturated/α-hetero) is 1. The van der Waals surface area contributed by atoms with Gasteiger partial charge in [-0.2, -0.15) is 0 Å². The lowest BCUT2D eigenvalue weighted by Crippen LogP contribution is -2.19. The molecule has 0 aliphatic carbocycles. The zero-order chi connectivity index (χ0) is 33.6. The molecule has 5 aromatic rings. The highest BCUT2D eigenvalue weighted by molar-refractivity contribution is 6.36. The van der Waals surface area contributed by atoms with Crippen LogP contribution in [0.3, 0.4) is 0 Å². The van der Waals surface area contributed by atoms with E-state index in [1.807, 2.05) is 69.3 Å². The molecule has 0 spiro atoms. The number of hydrogen-bond acceptors (Lipinski definition) is 8. The highest BCUT2D eigenvalue weighted by Crippen LogP contribution is 2.32. The van der Waals surface area contributed by atoms with Crippen LogP contribution < -0.4 is 10.1 Å². The maximum Gasteiger partial charge on any atom is 0.303 e. The maximum atomic E-state index is 12.5. The summed E-state index contributed by atoms with van der Waals surface area (Å²) in [5.41, 5.74) is 4.48. The molecule has 0 fully saturated rings. The van der Waals surface area contributed by atoms with Crippen molar-refractivity contribution in [1.82, 2.24) is 15.2 Å². The van der Waals surface area contributed by atoms with Crippen molar-refractivity contribution >= 4 is 40.6 Å². The van der Waals surface area contributed by atoms with E-state index in [1.165, 1.54) is 0 Å². The molecule has 3 aromatic carbocycles. The Hall–Kier alpha value is -4.73. The number of aliphatic carboxylic acids is 1. The van der Waals surface area contributed by atoms with Gasteiger partial charge in [0, 0.05) is 57.4 Å². The van der Waals surface area contributed by atoms with Crippen molar-refractivity contribution in [2.45, 2.75) is 51.5 Å². The van der Waals surface area contributed by atoms with Crippen LogP contribution in [0.5, 0.6) is 5.88 Å². The lowest BCUT2D eigenvalue weighted by Gasteiger charge is -2.21. The van der Waals surface area contributed by atoms with Crippen LogP contribution in [0.1, 0.15) is 67.9 Å². The highest BCUT2D eigenvalue weighted by atomic mass is 35.5. The molecule has 0 amide bonds. The second kappa shape index (κ2) is 14.8. The van der Waals surface area contributed by atoms with Crippen molar-refractivity contribution in [3.63, 3.8) is 0 Å². The first-order valence-corrected chi connectivity index (χ1v) is 15.8. The molecule has 2 N–H and O–H groups in total. The molecule has 11 heteroatoms. The lowest BCUT2D eigenvalue weighted by molar-refractivity contribution is -0.137. The van der Waals surface area contributed by atoms with Gasteiger partial charge in [-0.1, -0.05) is 74.3 Å². The minimum Gasteiger partial charge on any atom is -0.481 e. The first kappa shape index (κ1) is 33.6. The number of aromatic nitrogens is 3. The van der Waals surface area contributed by atoms with Crippen molar-refractivity contribution in [3.8, 4) is 28.5 Å². The molecule has 47 heavy (non-hydrogen) atoms. The second-order valence-electron chi connectivity index (χ2n) is 12.0. The molecule has 0 bridgehead atoms. The minimum absolute atomic E-state index is 0.0390. The number of nitrogens with zero attached hydrogens (tertiary/aromatic N) is 3. The molecule has 0 saturated heterocycles. The average Bonchev–Trinajstić information content (AvgIpc) is 3.55. The third-order valence-electron chi connectivity index (χ3n) is 7.35. The summed E-state index contributed by atoms with van der Waals surface area (Å²) in [6.45, 7) is 6.24. The highest BCUT2D eigenvalue weighted by Gasteiger charge is 2.22. The zero-order valence-corrected chi connectivity index (χ0v) is 27.7. The molecule has 0 aliphatic heterocycles. The Labute approximate surface area is 282 Å². The molecular weight excluding hydrogens is 639 g/mol. The number of carboxylic acids is 1. The predicted molar refractivity (Wildman–Crippen MR) is 182 cm³/mol. The third kappa shape index (κ3) is 8.96. The maximum absolute atomic E-state index is 12.5. The van der Waals surface area contributed by atoms with E-state index >= 15 is 0 Å². The smallest absolute Gasteiger partial charge is 0.303 e. The summed E-state index contributed by atoms with van der Waals surface area (Å²) in [4.78, 5) is 27.8. The van der Waals surface area contributed by atoms with Crippen LogP contribution in [0.2, 0.25) is 10.0 Å². The predicted octanol–water partition coefficient (Wildman–Crippen LogP) is 9.07. The summed E-state index contributed by atoms with van der Waals surface area (Å²) in [5.74, 6) is 0.337. The quantitative estimate of drug-likeness (QED) is 0.118. The number of ketones is 1. The van der Waals surface area contributed by atoms with Gasteiger partial charge < -0.3 is 19.6 Å². The topological polar surface area (TPSA) is 127 Å². The Kier molecular flexibility index (Phi) is 10.6. The van der Waals surface area contributed by atoms with E-state index in [4.69, 9.17) is 37.5 Å². The normalized spacial score (nSPS) is 12.0. The first-order valence-electron chi connectivity index (χ1n) is 15.1. The van der Waals surface area contributed by atoms with Crippen LogP contribution in [0.25, 0.3) is 22.6 Å². The summed E-state index contributed by atoms with van der Waals surface area (Å²) >= 11 is 12.5. The standard InChI is InChI=1S/C36H34Cl2N4O5/c1-36(2,3)35-42-41-34(47-35)25-13-18-32(39-20-25)46-21-30(23-9-7-22(8-10-23)28-17-14-26(37)19-29(28)38)40-27-15-11-24(12-16-27)31(43)5-4-6-33(44)45/h7-20,30,40H,4-6,21H2,1-3H3,(H,44,45)/t30-/m1/s1. The third-order valence-corrected chi connectivity index (χ3v) is 7.89. The van der Waals surface area contributed by atoms with Gasteiger partial charge in [0.1, 0.15) is 6.61 Å². The van der Waals surface area contributed by atoms with Gasteiger partial charge in [0.15, 0.2) is 5.78 Å². The SMILES string of the molecule is CC(C)(C)c1nnc(-c2ccc(OC[C@@H](Nc3ccc(C(=O)CCCC(=O)O)cc3)c3ccc(-c4ccc(Cl)cc4Cl)cc3)nc2)o1. The molecule has 2 aromatic heterocycles. The van der Waals surface area contributed by atoms with Crippen molar-refractivity contribution in [1.29, 1.82) is 0 Å². The molecule has 0 aliphatic rings. The van der Waals surface area contributed by atoms with Crippen LogP contribution >= 0.6 is 23.2 Å². The van der Waals surface area contributed by atoms with E-state index in [2.05, 4.69) is 20.5 Å². The van der Waals surface area contributed by atoms with Crippen LogP contribution in [-0.4, -0.2) is 38.6 Å². The molecule has 1 atom stereocenters. The fourth-order valence-corrected chi connectivity index (χ4v) is 5.26. The van der Waals surface area contributed by atoms with Crippen LogP contribution in [0.4, 0.5) is 5.69 Å². The van der Waals surface area contributed by atoms with E-state index in [0.29, 0.717) is 45.3 Å². The van der Waals surface area contributed by atoms with Gasteiger partial charge in [0.2, 0.25) is 17.7 Å². The van der Waals surface area contributed by atoms with Gasteiger partial charge in [0.05, 0.1) is 11.6 Å². The van der Waals surface area contributed by atoms with E-state index in [-0.39, 0.29) is 36.7 Å². The van der Waals surface area contributed by atoms with Crippen LogP contribution in [-0.2, 0) is 10.2 Å². The molecule has 242 valence electrons. The van der Waals surface area contributed by atoms with Crippen molar-refractivity contribution in [2.75, 3.05) is 11.9 Å². The fraction of sp³-hybridized carbons (Fsp3) is 0.250. The van der Waals surface area contributed by atoms with Crippen LogP contribution in [0.15, 0.2) is 89.5 Å². The molecule has 9 nitrogen and oxygen atoms in total. The molecule has 2 heterocycles. The van der Waals surface area contributed by atoms with Gasteiger partial charge in [-0.05, 0) is 60.0 Å². The van der Waals surface area contributed by atoms with E-state index in [9.17, 15) is 9.59 Å². The largest absolute Gasteiger partial charge is 0.481 e. The van der Waals surface area contributed by atoms with Gasteiger partial charge in [-0.15, -0.1) is 10.2 Å². The fourth-order valence-electron chi connectivity index (χ4n) is 4.74. The monoisotopic (exact) mass is 672 g/mol. The summed E-state index contributed by atoms with van der Waals surface area (Å²) in [5, 5.41) is 21.8. The van der Waals surface area contributed by atoms with Gasteiger partial charge >= 0.3 is 5.97 Å². The summed E-state index contributed by atoms with van der Waals surface area (Å²) < 4.78 is 12.0. The number of pyridine rings is 1. The molecule has 5 rings (SSSR count). The lowest BCUT2D eigenvalue weighted by atomic mass is 9.97. The Bertz CT molecular complexity index is 1830. The van der Waals surface area contributed by atoms with E-state index in [0.717, 1.165) is 22.4 Å². The van der Waals surface area contributed by atoms with Crippen molar-refractivity contribution in [2.24, 2.45) is 0 Å². The number of benzene rings is 3. The average molecular weight is 674 g/mol. The van der Waals surface area contributed by atoms with Crippen LogP contribution in [0, 0.1) is 0 Å². The van der Waals surface area contributed by atoms with Gasteiger partial charge in [-0.3, -0.25) is 9.59 Å². The number of carboxylic acid groups (broad SMARTS) is 1. The van der Waals surface area contributed by atoms with Gasteiger partial charge in [0.25, 0.3) is 0 Å². The molecule has 0 saturated carbocycles. The summed E-state index contributed by atoms with van der Waals surface area (Å²) in [7, 11) is 0. The number of ether oxygens (including phenoxy) is 1. The summed E-state index contributed by atoms with van der Waals surface area (Å²) in [6, 6.07) is 23.8. The minimum atomic E-state index is -0.914. The second-order valence-corrected chi connectivity index (χ2v) is 12.9. The number of nitrogens with one attached hydrogen (secondary N) is 1. The number of anilines is 1. The number of rotatable bonds is 13. The molecular formula is C36H34Cl2N4O5. The van der Waals surface area contributed by atoms with E-state index in [1.54, 1.807) is 36.5 Å². The number of carbonyl (C=O) groups is 2. The summed E-state index contributed by atoms with van der Waals surface area (Å²) in [6.07, 6.45) is 2.07. The Morgan fingerprint density at radius 1 is 0.915 bits per heavy atom. The molecule has 0 unspecified atom stereocenters. The zero-order valence-electron chi connectivity index (χ0n) is 26.2. The Morgan fingerprint density at radius 2 is 1.64 bits per heavy atom. The van der Waals surface area contributed by atoms with E-state index < -0.39 is 5.97 Å². The first-order chi connectivity index (χ1) is 22.5. The van der Waals surface area contributed by atoms with Crippen molar-refractivity contribution < 1.29 is 23.8 Å². The number of halogens is 2. The number of carbonyl (C=O) groups excluding carboxylic acids is 1. The number of hydrogen-bond donors (Lipinski definition) is 2.